The molecule has 2 aliphatic heterocycles. The second-order valence-corrected chi connectivity index (χ2v) is 7.99. The fourth-order valence-corrected chi connectivity index (χ4v) is 4.70. The van der Waals surface area contributed by atoms with Crippen LogP contribution in [0.4, 0.5) is 11.5 Å². The van der Waals surface area contributed by atoms with Crippen LogP contribution in [0.25, 0.3) is 0 Å². The molecule has 3 aliphatic rings. The minimum Gasteiger partial charge on any atom is -0.370 e. The molecule has 0 spiro atoms. The zero-order valence-corrected chi connectivity index (χ0v) is 14.9. The fourth-order valence-electron chi connectivity index (χ4n) is 4.46. The lowest BCUT2D eigenvalue weighted by Gasteiger charge is -2.27. The van der Waals surface area contributed by atoms with Crippen LogP contribution >= 0.6 is 11.6 Å². The Morgan fingerprint density at radius 3 is 2.44 bits per heavy atom. The van der Waals surface area contributed by atoms with E-state index < -0.39 is 0 Å². The molecule has 0 radical (unpaired) electrons. The standard InChI is InChI=1S/C19H22ClN5/c20-16-7-21-5-4-18(16)24-8-14-10-25(11-15(14)9-24)19-6-17(22-12-23-19)13-2-1-3-13/h4-7,12-15H,1-3,8-11H2. The van der Waals surface area contributed by atoms with E-state index in [0.29, 0.717) is 17.8 Å². The zero-order chi connectivity index (χ0) is 16.8. The Hall–Kier alpha value is -1.88. The molecule has 2 atom stereocenters. The summed E-state index contributed by atoms with van der Waals surface area (Å²) >= 11 is 6.32. The van der Waals surface area contributed by atoms with E-state index in [1.165, 1.54) is 25.0 Å². The number of hydrogen-bond donors (Lipinski definition) is 0. The minimum atomic E-state index is 0.660. The predicted molar refractivity (Wildman–Crippen MR) is 99.3 cm³/mol. The normalized spacial score (nSPS) is 26.0. The van der Waals surface area contributed by atoms with E-state index in [0.717, 1.165) is 42.7 Å². The van der Waals surface area contributed by atoms with E-state index in [9.17, 15) is 0 Å². The van der Waals surface area contributed by atoms with Crippen LogP contribution in [0.15, 0.2) is 30.9 Å². The zero-order valence-electron chi connectivity index (χ0n) is 14.2. The molecule has 1 aliphatic carbocycles. The summed E-state index contributed by atoms with van der Waals surface area (Å²) in [6, 6.07) is 4.25. The van der Waals surface area contributed by atoms with Crippen molar-refractivity contribution in [1.82, 2.24) is 15.0 Å². The minimum absolute atomic E-state index is 0.660. The molecule has 2 saturated heterocycles. The Labute approximate surface area is 153 Å². The van der Waals surface area contributed by atoms with E-state index in [2.05, 4.69) is 30.8 Å². The summed E-state index contributed by atoms with van der Waals surface area (Å²) in [4.78, 5) is 18.0. The molecule has 5 rings (SSSR count). The Balaban J connectivity index is 1.29. The number of rotatable bonds is 3. The fraction of sp³-hybridized carbons (Fsp3) is 0.526. The summed E-state index contributed by atoms with van der Waals surface area (Å²) in [5.74, 6) is 3.12. The lowest BCUT2D eigenvalue weighted by molar-refractivity contribution is 0.410. The summed E-state index contributed by atoms with van der Waals surface area (Å²) in [6.07, 6.45) is 9.21. The van der Waals surface area contributed by atoms with Gasteiger partial charge in [-0.05, 0) is 18.9 Å². The first kappa shape index (κ1) is 15.4. The first-order valence-electron chi connectivity index (χ1n) is 9.19. The molecule has 0 bridgehead atoms. The third-order valence-electron chi connectivity index (χ3n) is 6.10. The first-order valence-corrected chi connectivity index (χ1v) is 9.57. The molecule has 0 amide bonds. The maximum absolute atomic E-state index is 6.32. The maximum atomic E-state index is 6.32. The van der Waals surface area contributed by atoms with Gasteiger partial charge in [-0.15, -0.1) is 0 Å². The van der Waals surface area contributed by atoms with Crippen molar-refractivity contribution in [2.75, 3.05) is 36.0 Å². The Kier molecular flexibility index (Phi) is 3.77. The average Bonchev–Trinajstić information content (AvgIpc) is 3.13. The topological polar surface area (TPSA) is 45.2 Å². The van der Waals surface area contributed by atoms with Crippen LogP contribution in [0, 0.1) is 11.8 Å². The van der Waals surface area contributed by atoms with Crippen LogP contribution in [-0.2, 0) is 0 Å². The molecule has 4 heterocycles. The van der Waals surface area contributed by atoms with E-state index in [1.54, 1.807) is 12.5 Å². The molecular formula is C19H22ClN5. The van der Waals surface area contributed by atoms with Crippen molar-refractivity contribution in [3.05, 3.63) is 41.6 Å². The molecule has 2 aromatic rings. The number of hydrogen-bond acceptors (Lipinski definition) is 5. The quantitative estimate of drug-likeness (QED) is 0.844. The predicted octanol–water partition coefficient (Wildman–Crippen LogP) is 3.37. The van der Waals surface area contributed by atoms with Gasteiger partial charge in [0.1, 0.15) is 12.1 Å². The summed E-state index contributed by atoms with van der Waals surface area (Å²) < 4.78 is 0. The highest BCUT2D eigenvalue weighted by molar-refractivity contribution is 6.33. The molecular weight excluding hydrogens is 334 g/mol. The number of halogens is 1. The SMILES string of the molecule is Clc1cnccc1N1CC2CN(c3cc(C4CCC4)ncn3)CC2C1. The third-order valence-corrected chi connectivity index (χ3v) is 6.39. The Morgan fingerprint density at radius 1 is 1.00 bits per heavy atom. The van der Waals surface area contributed by atoms with Gasteiger partial charge in [-0.2, -0.15) is 0 Å². The molecule has 5 nitrogen and oxygen atoms in total. The van der Waals surface area contributed by atoms with Crippen molar-refractivity contribution in [3.63, 3.8) is 0 Å². The van der Waals surface area contributed by atoms with Crippen molar-refractivity contribution in [1.29, 1.82) is 0 Å². The van der Waals surface area contributed by atoms with Crippen molar-refractivity contribution in [2.45, 2.75) is 25.2 Å². The van der Waals surface area contributed by atoms with Gasteiger partial charge in [0.05, 0.1) is 10.7 Å². The van der Waals surface area contributed by atoms with E-state index >= 15 is 0 Å². The Morgan fingerprint density at radius 2 is 1.76 bits per heavy atom. The van der Waals surface area contributed by atoms with Crippen molar-refractivity contribution >= 4 is 23.1 Å². The molecule has 6 heteroatoms. The summed E-state index contributed by atoms with van der Waals surface area (Å²) in [5, 5.41) is 0.750. The van der Waals surface area contributed by atoms with Crippen LogP contribution in [0.1, 0.15) is 30.9 Å². The third kappa shape index (κ3) is 2.74. The molecule has 2 unspecified atom stereocenters. The van der Waals surface area contributed by atoms with Gasteiger partial charge >= 0.3 is 0 Å². The van der Waals surface area contributed by atoms with Gasteiger partial charge in [-0.3, -0.25) is 4.98 Å². The summed E-state index contributed by atoms with van der Waals surface area (Å²) in [6.45, 7) is 4.27. The highest BCUT2D eigenvalue weighted by Gasteiger charge is 2.41. The number of pyridine rings is 1. The van der Waals surface area contributed by atoms with Crippen LogP contribution in [0.3, 0.4) is 0 Å². The molecule has 0 aromatic carbocycles. The summed E-state index contributed by atoms with van der Waals surface area (Å²) in [7, 11) is 0. The van der Waals surface area contributed by atoms with Gasteiger partial charge in [0.15, 0.2) is 0 Å². The lowest BCUT2D eigenvalue weighted by Crippen LogP contribution is -2.29. The number of anilines is 2. The van der Waals surface area contributed by atoms with Crippen LogP contribution in [-0.4, -0.2) is 41.1 Å². The smallest absolute Gasteiger partial charge is 0.132 e. The second-order valence-electron chi connectivity index (χ2n) is 7.59. The van der Waals surface area contributed by atoms with Gasteiger partial charge < -0.3 is 9.80 Å². The van der Waals surface area contributed by atoms with Crippen molar-refractivity contribution in [2.24, 2.45) is 11.8 Å². The van der Waals surface area contributed by atoms with Crippen molar-refractivity contribution in [3.8, 4) is 0 Å². The maximum Gasteiger partial charge on any atom is 0.132 e. The molecule has 25 heavy (non-hydrogen) atoms. The van der Waals surface area contributed by atoms with Gasteiger partial charge in [-0.25, -0.2) is 9.97 Å². The van der Waals surface area contributed by atoms with Gasteiger partial charge in [0, 0.05) is 68.1 Å². The highest BCUT2D eigenvalue weighted by Crippen LogP contribution is 2.39. The molecule has 2 aromatic heterocycles. The summed E-state index contributed by atoms with van der Waals surface area (Å²) in [5.41, 5.74) is 2.35. The van der Waals surface area contributed by atoms with Crippen LogP contribution < -0.4 is 9.80 Å². The monoisotopic (exact) mass is 355 g/mol. The van der Waals surface area contributed by atoms with Gasteiger partial charge in [0.25, 0.3) is 0 Å². The number of fused-ring (bicyclic) bond motifs is 1. The van der Waals surface area contributed by atoms with Gasteiger partial charge in [-0.1, -0.05) is 18.0 Å². The molecule has 1 saturated carbocycles. The average molecular weight is 356 g/mol. The largest absolute Gasteiger partial charge is 0.370 e. The number of nitrogens with zero attached hydrogens (tertiary/aromatic N) is 5. The van der Waals surface area contributed by atoms with Crippen LogP contribution in [0.5, 0.6) is 0 Å². The molecule has 3 fully saturated rings. The van der Waals surface area contributed by atoms with Crippen LogP contribution in [0.2, 0.25) is 5.02 Å². The highest BCUT2D eigenvalue weighted by atomic mass is 35.5. The second kappa shape index (κ2) is 6.13. The Bertz CT molecular complexity index is 764. The molecule has 0 N–H and O–H groups in total. The first-order chi connectivity index (χ1) is 12.3. The van der Waals surface area contributed by atoms with Gasteiger partial charge in [0.2, 0.25) is 0 Å². The van der Waals surface area contributed by atoms with E-state index in [1.807, 2.05) is 12.3 Å². The lowest BCUT2D eigenvalue weighted by atomic mass is 9.83. The number of aromatic nitrogens is 3. The molecule has 130 valence electrons. The van der Waals surface area contributed by atoms with E-state index in [4.69, 9.17) is 11.6 Å². The van der Waals surface area contributed by atoms with Crippen molar-refractivity contribution < 1.29 is 0 Å². The van der Waals surface area contributed by atoms with E-state index in [-0.39, 0.29) is 0 Å².